The van der Waals surface area contributed by atoms with Crippen LogP contribution in [0.15, 0.2) is 18.2 Å². The van der Waals surface area contributed by atoms with Crippen LogP contribution in [-0.4, -0.2) is 0 Å². The summed E-state index contributed by atoms with van der Waals surface area (Å²) in [5.41, 5.74) is 7.15. The van der Waals surface area contributed by atoms with Gasteiger partial charge in [0.15, 0.2) is 0 Å². The van der Waals surface area contributed by atoms with Crippen LogP contribution in [0.4, 0.5) is 4.39 Å². The third kappa shape index (κ3) is 2.13. The predicted octanol–water partition coefficient (Wildman–Crippen LogP) is 3.18. The summed E-state index contributed by atoms with van der Waals surface area (Å²) in [6.07, 6.45) is 0. The SMILES string of the molecule is Cc1cccc(C(N)C(C)(C)C)c1F. The molecule has 0 heterocycles. The van der Waals surface area contributed by atoms with Crippen LogP contribution in [0.2, 0.25) is 0 Å². The van der Waals surface area contributed by atoms with Gasteiger partial charge < -0.3 is 5.73 Å². The molecule has 14 heavy (non-hydrogen) atoms. The molecule has 1 aromatic rings. The van der Waals surface area contributed by atoms with Crippen LogP contribution in [0.1, 0.15) is 37.9 Å². The van der Waals surface area contributed by atoms with E-state index in [1.54, 1.807) is 19.1 Å². The highest BCUT2D eigenvalue weighted by Gasteiger charge is 2.24. The summed E-state index contributed by atoms with van der Waals surface area (Å²) in [6, 6.07) is 5.11. The van der Waals surface area contributed by atoms with Gasteiger partial charge in [-0.1, -0.05) is 39.0 Å². The highest BCUT2D eigenvalue weighted by atomic mass is 19.1. The normalized spacial score (nSPS) is 14.1. The lowest BCUT2D eigenvalue weighted by atomic mass is 9.82. The highest BCUT2D eigenvalue weighted by molar-refractivity contribution is 5.28. The van der Waals surface area contributed by atoms with E-state index in [4.69, 9.17) is 5.73 Å². The summed E-state index contributed by atoms with van der Waals surface area (Å²) in [5.74, 6) is -0.171. The molecule has 0 aliphatic heterocycles. The summed E-state index contributed by atoms with van der Waals surface area (Å²) < 4.78 is 13.7. The standard InChI is InChI=1S/C12H18FN/c1-8-6-5-7-9(10(8)13)11(14)12(2,3)4/h5-7,11H,14H2,1-4H3. The molecule has 1 unspecified atom stereocenters. The van der Waals surface area contributed by atoms with Crippen LogP contribution < -0.4 is 5.73 Å². The molecule has 1 rings (SSSR count). The first-order valence-electron chi connectivity index (χ1n) is 4.84. The van der Waals surface area contributed by atoms with Crippen LogP contribution in [0.5, 0.6) is 0 Å². The smallest absolute Gasteiger partial charge is 0.130 e. The minimum atomic E-state index is -0.262. The van der Waals surface area contributed by atoms with Gasteiger partial charge in [0.1, 0.15) is 5.82 Å². The number of nitrogens with two attached hydrogens (primary N) is 1. The number of hydrogen-bond acceptors (Lipinski definition) is 1. The molecule has 0 aliphatic carbocycles. The van der Waals surface area contributed by atoms with Crippen molar-refractivity contribution in [3.05, 3.63) is 35.1 Å². The lowest BCUT2D eigenvalue weighted by Gasteiger charge is -2.28. The molecular formula is C12H18FN. The van der Waals surface area contributed by atoms with Gasteiger partial charge in [-0.05, 0) is 17.9 Å². The molecule has 0 bridgehead atoms. The van der Waals surface area contributed by atoms with Crippen molar-refractivity contribution in [2.45, 2.75) is 33.7 Å². The Morgan fingerprint density at radius 2 is 1.86 bits per heavy atom. The minimum absolute atomic E-state index is 0.116. The first kappa shape index (κ1) is 11.2. The molecule has 0 radical (unpaired) electrons. The second kappa shape index (κ2) is 3.70. The Morgan fingerprint density at radius 3 is 2.36 bits per heavy atom. The molecule has 0 aromatic heterocycles. The maximum Gasteiger partial charge on any atom is 0.130 e. The van der Waals surface area contributed by atoms with Crippen molar-refractivity contribution in [1.82, 2.24) is 0 Å². The van der Waals surface area contributed by atoms with E-state index in [1.165, 1.54) is 0 Å². The lowest BCUT2D eigenvalue weighted by molar-refractivity contribution is 0.319. The minimum Gasteiger partial charge on any atom is -0.323 e. The second-order valence-corrected chi connectivity index (χ2v) is 4.82. The average Bonchev–Trinajstić information content (AvgIpc) is 2.07. The molecule has 0 saturated heterocycles. The Balaban J connectivity index is 3.14. The summed E-state index contributed by atoms with van der Waals surface area (Å²) in [4.78, 5) is 0. The Morgan fingerprint density at radius 1 is 1.29 bits per heavy atom. The molecule has 2 heteroatoms. The van der Waals surface area contributed by atoms with Crippen LogP contribution in [0, 0.1) is 18.2 Å². The van der Waals surface area contributed by atoms with Gasteiger partial charge in [0.25, 0.3) is 0 Å². The van der Waals surface area contributed by atoms with Gasteiger partial charge in [0, 0.05) is 11.6 Å². The number of rotatable bonds is 1. The van der Waals surface area contributed by atoms with Gasteiger partial charge in [-0.25, -0.2) is 4.39 Å². The van der Waals surface area contributed by atoms with E-state index in [9.17, 15) is 4.39 Å². The van der Waals surface area contributed by atoms with Crippen LogP contribution in [0.25, 0.3) is 0 Å². The second-order valence-electron chi connectivity index (χ2n) is 4.82. The van der Waals surface area contributed by atoms with E-state index in [0.717, 1.165) is 0 Å². The third-order valence-electron chi connectivity index (χ3n) is 2.49. The predicted molar refractivity (Wildman–Crippen MR) is 57.5 cm³/mol. The summed E-state index contributed by atoms with van der Waals surface area (Å²) in [5, 5.41) is 0. The molecule has 0 saturated carbocycles. The van der Waals surface area contributed by atoms with E-state index in [-0.39, 0.29) is 17.3 Å². The zero-order chi connectivity index (χ0) is 10.9. The molecule has 0 aliphatic rings. The number of halogens is 1. The molecule has 2 N–H and O–H groups in total. The fourth-order valence-corrected chi connectivity index (χ4v) is 1.38. The lowest BCUT2D eigenvalue weighted by Crippen LogP contribution is -2.27. The molecule has 78 valence electrons. The summed E-state index contributed by atoms with van der Waals surface area (Å²) >= 11 is 0. The van der Waals surface area contributed by atoms with Crippen molar-refractivity contribution < 1.29 is 4.39 Å². The molecule has 1 atom stereocenters. The van der Waals surface area contributed by atoms with Crippen LogP contribution in [-0.2, 0) is 0 Å². The van der Waals surface area contributed by atoms with Gasteiger partial charge in [0.05, 0.1) is 0 Å². The molecule has 0 amide bonds. The molecule has 1 aromatic carbocycles. The molecular weight excluding hydrogens is 177 g/mol. The Labute approximate surface area is 85.1 Å². The zero-order valence-corrected chi connectivity index (χ0v) is 9.26. The van der Waals surface area contributed by atoms with Crippen molar-refractivity contribution in [2.75, 3.05) is 0 Å². The van der Waals surface area contributed by atoms with E-state index >= 15 is 0 Å². The third-order valence-corrected chi connectivity index (χ3v) is 2.49. The van der Waals surface area contributed by atoms with Crippen LogP contribution in [0.3, 0.4) is 0 Å². The summed E-state index contributed by atoms with van der Waals surface area (Å²) in [7, 11) is 0. The van der Waals surface area contributed by atoms with Gasteiger partial charge in [0.2, 0.25) is 0 Å². The monoisotopic (exact) mass is 195 g/mol. The van der Waals surface area contributed by atoms with Crippen LogP contribution >= 0.6 is 0 Å². The first-order chi connectivity index (χ1) is 6.34. The fraction of sp³-hybridized carbons (Fsp3) is 0.500. The average molecular weight is 195 g/mol. The molecule has 1 nitrogen and oxygen atoms in total. The van der Waals surface area contributed by atoms with E-state index < -0.39 is 0 Å². The maximum absolute atomic E-state index is 13.7. The van der Waals surface area contributed by atoms with Crippen molar-refractivity contribution in [3.8, 4) is 0 Å². The quantitative estimate of drug-likeness (QED) is 0.731. The highest BCUT2D eigenvalue weighted by Crippen LogP contribution is 2.32. The molecule has 0 fully saturated rings. The first-order valence-corrected chi connectivity index (χ1v) is 4.84. The number of hydrogen-bond donors (Lipinski definition) is 1. The van der Waals surface area contributed by atoms with Crippen molar-refractivity contribution in [2.24, 2.45) is 11.1 Å². The Hall–Kier alpha value is -0.890. The fourth-order valence-electron chi connectivity index (χ4n) is 1.38. The van der Waals surface area contributed by atoms with Crippen molar-refractivity contribution in [1.29, 1.82) is 0 Å². The summed E-state index contributed by atoms with van der Waals surface area (Å²) in [6.45, 7) is 7.80. The zero-order valence-electron chi connectivity index (χ0n) is 9.26. The van der Waals surface area contributed by atoms with Crippen molar-refractivity contribution in [3.63, 3.8) is 0 Å². The van der Waals surface area contributed by atoms with Gasteiger partial charge in [-0.15, -0.1) is 0 Å². The van der Waals surface area contributed by atoms with Gasteiger partial charge in [-0.2, -0.15) is 0 Å². The van der Waals surface area contributed by atoms with Crippen molar-refractivity contribution >= 4 is 0 Å². The Bertz CT molecular complexity index is 326. The molecule has 0 spiro atoms. The van der Waals surface area contributed by atoms with Gasteiger partial charge >= 0.3 is 0 Å². The van der Waals surface area contributed by atoms with E-state index in [2.05, 4.69) is 0 Å². The van der Waals surface area contributed by atoms with E-state index in [1.807, 2.05) is 26.8 Å². The number of aryl methyl sites for hydroxylation is 1. The topological polar surface area (TPSA) is 26.0 Å². The number of benzene rings is 1. The Kier molecular flexibility index (Phi) is 2.95. The maximum atomic E-state index is 13.7. The van der Waals surface area contributed by atoms with E-state index in [0.29, 0.717) is 11.1 Å². The largest absolute Gasteiger partial charge is 0.323 e. The van der Waals surface area contributed by atoms with Gasteiger partial charge in [-0.3, -0.25) is 0 Å².